The second-order valence-corrected chi connectivity index (χ2v) is 9.53. The average Bonchev–Trinajstić information content (AvgIpc) is 2.73. The lowest BCUT2D eigenvalue weighted by Crippen LogP contribution is -2.43. The molecule has 2 rings (SSSR count). The van der Waals surface area contributed by atoms with Gasteiger partial charge >= 0.3 is 0 Å². The van der Waals surface area contributed by atoms with Gasteiger partial charge in [0.1, 0.15) is 0 Å². The molecule has 0 aromatic rings. The van der Waals surface area contributed by atoms with Gasteiger partial charge in [0.25, 0.3) is 0 Å². The zero-order chi connectivity index (χ0) is 13.2. The van der Waals surface area contributed by atoms with Crippen molar-refractivity contribution in [1.82, 2.24) is 0 Å². The van der Waals surface area contributed by atoms with Crippen LogP contribution in [-0.4, -0.2) is 45.4 Å². The maximum atomic E-state index is 10.4. The highest BCUT2D eigenvalue weighted by Gasteiger charge is 2.42. The van der Waals surface area contributed by atoms with E-state index in [1.165, 1.54) is 12.2 Å². The van der Waals surface area contributed by atoms with Gasteiger partial charge in [0.2, 0.25) is 0 Å². The molecule has 1 N–H and O–H groups in total. The van der Waals surface area contributed by atoms with Crippen molar-refractivity contribution in [3.63, 3.8) is 0 Å². The minimum atomic E-state index is -0.166. The maximum absolute atomic E-state index is 10.4. The molecule has 0 bridgehead atoms. The zero-order valence-corrected chi connectivity index (χ0v) is 13.4. The first-order valence-corrected chi connectivity index (χ1v) is 9.08. The first-order valence-electron chi connectivity index (χ1n) is 6.94. The summed E-state index contributed by atoms with van der Waals surface area (Å²) in [5.41, 5.74) is 0.0982. The second-order valence-electron chi connectivity index (χ2n) is 6.58. The number of rotatable bonds is 3. The summed E-state index contributed by atoms with van der Waals surface area (Å²) in [4.78, 5) is 0. The monoisotopic (exact) mass is 290 g/mol. The molecule has 0 amide bonds. The number of hydrogen-bond donors (Lipinski definition) is 1. The van der Waals surface area contributed by atoms with Crippen LogP contribution in [0, 0.1) is 5.92 Å². The van der Waals surface area contributed by atoms with Crippen LogP contribution in [0.15, 0.2) is 0 Å². The van der Waals surface area contributed by atoms with Crippen LogP contribution < -0.4 is 0 Å². The van der Waals surface area contributed by atoms with Crippen LogP contribution in [0.4, 0.5) is 0 Å². The molecule has 2 heterocycles. The molecule has 3 atom stereocenters. The van der Waals surface area contributed by atoms with Gasteiger partial charge in [-0.3, -0.25) is 0 Å². The van der Waals surface area contributed by atoms with Crippen molar-refractivity contribution in [2.75, 3.05) is 23.9 Å². The Morgan fingerprint density at radius 2 is 2.28 bits per heavy atom. The molecule has 4 heteroatoms. The van der Waals surface area contributed by atoms with Crippen LogP contribution in [0.3, 0.4) is 0 Å². The van der Waals surface area contributed by atoms with Crippen LogP contribution >= 0.6 is 23.5 Å². The zero-order valence-electron chi connectivity index (χ0n) is 11.8. The molecule has 2 aliphatic heterocycles. The largest absolute Gasteiger partial charge is 0.392 e. The Morgan fingerprint density at radius 1 is 1.50 bits per heavy atom. The van der Waals surface area contributed by atoms with Gasteiger partial charge in [-0.2, -0.15) is 23.5 Å². The fourth-order valence-corrected chi connectivity index (χ4v) is 5.05. The fraction of sp³-hybridized carbons (Fsp3) is 1.00. The molecule has 18 heavy (non-hydrogen) atoms. The van der Waals surface area contributed by atoms with Gasteiger partial charge in [-0.15, -0.1) is 0 Å². The van der Waals surface area contributed by atoms with E-state index >= 15 is 0 Å². The predicted octanol–water partition coefficient (Wildman–Crippen LogP) is 3.18. The van der Waals surface area contributed by atoms with Crippen LogP contribution in [0.2, 0.25) is 0 Å². The molecule has 0 saturated carbocycles. The van der Waals surface area contributed by atoms with E-state index in [2.05, 4.69) is 20.8 Å². The van der Waals surface area contributed by atoms with Gasteiger partial charge in [0, 0.05) is 22.9 Å². The number of aliphatic hydroxyl groups excluding tert-OH is 1. The number of hydrogen-bond acceptors (Lipinski definition) is 4. The molecule has 2 nitrogen and oxygen atoms in total. The van der Waals surface area contributed by atoms with Gasteiger partial charge in [-0.1, -0.05) is 20.8 Å². The molecular weight excluding hydrogens is 264 g/mol. The summed E-state index contributed by atoms with van der Waals surface area (Å²) in [7, 11) is 0. The summed E-state index contributed by atoms with van der Waals surface area (Å²) >= 11 is 3.87. The molecule has 2 aliphatic rings. The predicted molar refractivity (Wildman–Crippen MR) is 81.6 cm³/mol. The Labute approximate surface area is 120 Å². The van der Waals surface area contributed by atoms with Crippen molar-refractivity contribution < 1.29 is 9.84 Å². The highest BCUT2D eigenvalue weighted by Crippen LogP contribution is 2.42. The summed E-state index contributed by atoms with van der Waals surface area (Å²) in [5, 5.41) is 10.4. The van der Waals surface area contributed by atoms with E-state index in [1.54, 1.807) is 0 Å². The van der Waals surface area contributed by atoms with E-state index in [4.69, 9.17) is 4.74 Å². The van der Waals surface area contributed by atoms with E-state index in [0.717, 1.165) is 31.0 Å². The molecule has 1 spiro atoms. The molecule has 3 unspecified atom stereocenters. The number of thioether (sulfide) groups is 2. The van der Waals surface area contributed by atoms with Crippen molar-refractivity contribution in [2.24, 2.45) is 5.92 Å². The number of ether oxygens (including phenoxy) is 1. The minimum absolute atomic E-state index is 0.0982. The van der Waals surface area contributed by atoms with E-state index in [9.17, 15) is 5.11 Å². The Bertz CT molecular complexity index is 269. The van der Waals surface area contributed by atoms with Crippen molar-refractivity contribution in [3.05, 3.63) is 0 Å². The molecule has 106 valence electrons. The molecule has 0 aromatic carbocycles. The summed E-state index contributed by atoms with van der Waals surface area (Å²) in [6.07, 6.45) is 3.10. The van der Waals surface area contributed by atoms with Gasteiger partial charge in [-0.25, -0.2) is 0 Å². The van der Waals surface area contributed by atoms with E-state index < -0.39 is 0 Å². The fourth-order valence-electron chi connectivity index (χ4n) is 2.73. The summed E-state index contributed by atoms with van der Waals surface area (Å²) < 4.78 is 6.26. The maximum Gasteiger partial charge on any atom is 0.0783 e. The third-order valence-corrected chi connectivity index (χ3v) is 6.43. The topological polar surface area (TPSA) is 29.5 Å². The van der Waals surface area contributed by atoms with Crippen molar-refractivity contribution in [2.45, 2.75) is 56.5 Å². The quantitative estimate of drug-likeness (QED) is 0.864. The highest BCUT2D eigenvalue weighted by atomic mass is 32.2. The van der Waals surface area contributed by atoms with Gasteiger partial charge in [0.15, 0.2) is 0 Å². The van der Waals surface area contributed by atoms with E-state index in [1.807, 2.05) is 23.5 Å². The molecule has 2 fully saturated rings. The average molecular weight is 290 g/mol. The van der Waals surface area contributed by atoms with Gasteiger partial charge < -0.3 is 9.84 Å². The molecule has 0 aromatic heterocycles. The standard InChI is InChI=1S/C14H26O2S2/c1-13(2,3)18-9-12(15)11-4-6-16-14(8-11)5-7-17-10-14/h11-12,15H,4-10H2,1-3H3. The lowest BCUT2D eigenvalue weighted by atomic mass is 9.83. The first-order chi connectivity index (χ1) is 8.40. The van der Waals surface area contributed by atoms with Crippen molar-refractivity contribution >= 4 is 23.5 Å². The molecule has 2 saturated heterocycles. The Kier molecular flexibility index (Phi) is 4.96. The number of aliphatic hydroxyl groups is 1. The summed E-state index contributed by atoms with van der Waals surface area (Å²) in [5.74, 6) is 3.65. The van der Waals surface area contributed by atoms with Crippen molar-refractivity contribution in [3.8, 4) is 0 Å². The van der Waals surface area contributed by atoms with Crippen LogP contribution in [-0.2, 0) is 4.74 Å². The minimum Gasteiger partial charge on any atom is -0.392 e. The highest BCUT2D eigenvalue weighted by molar-refractivity contribution is 8.00. The van der Waals surface area contributed by atoms with Gasteiger partial charge in [-0.05, 0) is 30.9 Å². The van der Waals surface area contributed by atoms with Crippen LogP contribution in [0.5, 0.6) is 0 Å². The lowest BCUT2D eigenvalue weighted by molar-refractivity contribution is -0.0977. The second kappa shape index (κ2) is 5.94. The van der Waals surface area contributed by atoms with Gasteiger partial charge in [0.05, 0.1) is 11.7 Å². The molecular formula is C14H26O2S2. The lowest BCUT2D eigenvalue weighted by Gasteiger charge is -2.39. The summed E-state index contributed by atoms with van der Waals surface area (Å²) in [6.45, 7) is 7.47. The molecule has 0 radical (unpaired) electrons. The Morgan fingerprint density at radius 3 is 2.89 bits per heavy atom. The van der Waals surface area contributed by atoms with E-state index in [0.29, 0.717) is 5.92 Å². The van der Waals surface area contributed by atoms with E-state index in [-0.39, 0.29) is 16.5 Å². The normalized spacial score (nSPS) is 35.0. The first kappa shape index (κ1) is 15.0. The van der Waals surface area contributed by atoms with Crippen molar-refractivity contribution in [1.29, 1.82) is 0 Å². The SMILES string of the molecule is CC(C)(C)SCC(O)C1CCOC2(CCSC2)C1. The third-order valence-electron chi connectivity index (χ3n) is 3.83. The molecule has 0 aliphatic carbocycles. The Hall–Kier alpha value is 0.620. The Balaban J connectivity index is 1.84. The third kappa shape index (κ3) is 4.06. The van der Waals surface area contributed by atoms with Crippen LogP contribution in [0.1, 0.15) is 40.0 Å². The van der Waals surface area contributed by atoms with Crippen LogP contribution in [0.25, 0.3) is 0 Å². The summed E-state index contributed by atoms with van der Waals surface area (Å²) in [6, 6.07) is 0. The smallest absolute Gasteiger partial charge is 0.0783 e.